The van der Waals surface area contributed by atoms with Crippen LogP contribution in [0.3, 0.4) is 0 Å². The first-order valence-electron chi connectivity index (χ1n) is 7.20. The van der Waals surface area contributed by atoms with Crippen LogP contribution in [0.4, 0.5) is 0 Å². The van der Waals surface area contributed by atoms with Crippen LogP contribution in [0.1, 0.15) is 24.2 Å². The number of imidazole rings is 1. The zero-order chi connectivity index (χ0) is 14.7. The van der Waals surface area contributed by atoms with E-state index in [2.05, 4.69) is 20.6 Å². The van der Waals surface area contributed by atoms with Gasteiger partial charge in [-0.1, -0.05) is 6.07 Å². The maximum Gasteiger partial charge on any atom is 0.237 e. The molecule has 3 heterocycles. The molecule has 6 nitrogen and oxygen atoms in total. The average Bonchev–Trinajstić information content (AvgIpc) is 3.17. The number of pyridine rings is 1. The minimum Gasteiger partial charge on any atom is -0.351 e. The lowest BCUT2D eigenvalue weighted by molar-refractivity contribution is -0.122. The zero-order valence-corrected chi connectivity index (χ0v) is 13.3. The van der Waals surface area contributed by atoms with Crippen molar-refractivity contribution in [2.45, 2.75) is 32.4 Å². The molecule has 0 bridgehead atoms. The van der Waals surface area contributed by atoms with Gasteiger partial charge in [-0.05, 0) is 37.9 Å². The molecule has 0 radical (unpaired) electrons. The molecular weight excluding hydrogens is 302 g/mol. The van der Waals surface area contributed by atoms with Gasteiger partial charge >= 0.3 is 0 Å². The molecule has 1 atom stereocenters. The molecule has 7 heteroatoms. The van der Waals surface area contributed by atoms with Crippen molar-refractivity contribution in [2.24, 2.45) is 0 Å². The summed E-state index contributed by atoms with van der Waals surface area (Å²) in [5.74, 6) is 1.80. The SMILES string of the molecule is Cc1nccn1-c1ccc(CNC(=O)C2CCCN2)cn1.Cl. The quantitative estimate of drug-likeness (QED) is 0.892. The molecule has 0 saturated carbocycles. The molecule has 0 spiro atoms. The van der Waals surface area contributed by atoms with E-state index in [0.29, 0.717) is 6.54 Å². The second-order valence-corrected chi connectivity index (χ2v) is 5.24. The number of aryl methyl sites for hydroxylation is 1. The number of rotatable bonds is 4. The highest BCUT2D eigenvalue weighted by molar-refractivity contribution is 5.85. The normalized spacial score (nSPS) is 17.0. The molecule has 1 unspecified atom stereocenters. The predicted octanol–water partition coefficient (Wildman–Crippen LogP) is 1.37. The average molecular weight is 322 g/mol. The number of aromatic nitrogens is 3. The Balaban J connectivity index is 0.00000176. The van der Waals surface area contributed by atoms with Gasteiger partial charge in [0.1, 0.15) is 11.6 Å². The van der Waals surface area contributed by atoms with Crippen LogP contribution in [0, 0.1) is 6.92 Å². The second kappa shape index (κ2) is 7.38. The smallest absolute Gasteiger partial charge is 0.237 e. The molecule has 2 aromatic rings. The summed E-state index contributed by atoms with van der Waals surface area (Å²) in [6.45, 7) is 3.37. The summed E-state index contributed by atoms with van der Waals surface area (Å²) in [6.07, 6.45) is 7.41. The predicted molar refractivity (Wildman–Crippen MR) is 86.2 cm³/mol. The number of nitrogens with one attached hydrogen (secondary N) is 2. The summed E-state index contributed by atoms with van der Waals surface area (Å²) < 4.78 is 1.92. The van der Waals surface area contributed by atoms with Crippen molar-refractivity contribution >= 4 is 18.3 Å². The highest BCUT2D eigenvalue weighted by atomic mass is 35.5. The fourth-order valence-electron chi connectivity index (χ4n) is 2.50. The number of carbonyl (C=O) groups excluding carboxylic acids is 1. The summed E-state index contributed by atoms with van der Waals surface area (Å²) in [7, 11) is 0. The minimum atomic E-state index is -0.0363. The van der Waals surface area contributed by atoms with Crippen LogP contribution >= 0.6 is 12.4 Å². The number of amides is 1. The van der Waals surface area contributed by atoms with E-state index in [0.717, 1.165) is 36.6 Å². The summed E-state index contributed by atoms with van der Waals surface area (Å²) in [5, 5.41) is 6.13. The van der Waals surface area contributed by atoms with Crippen molar-refractivity contribution in [2.75, 3.05) is 6.54 Å². The maximum atomic E-state index is 11.9. The number of carbonyl (C=O) groups is 1. The van der Waals surface area contributed by atoms with Gasteiger partial charge < -0.3 is 10.6 Å². The first-order valence-corrected chi connectivity index (χ1v) is 7.20. The highest BCUT2D eigenvalue weighted by Gasteiger charge is 2.21. The van der Waals surface area contributed by atoms with Crippen LogP contribution in [-0.2, 0) is 11.3 Å². The first-order chi connectivity index (χ1) is 10.2. The third-order valence-corrected chi connectivity index (χ3v) is 3.73. The van der Waals surface area contributed by atoms with Crippen molar-refractivity contribution in [3.8, 4) is 5.82 Å². The monoisotopic (exact) mass is 321 g/mol. The lowest BCUT2D eigenvalue weighted by Gasteiger charge is -2.11. The van der Waals surface area contributed by atoms with Gasteiger partial charge in [-0.15, -0.1) is 12.4 Å². The van der Waals surface area contributed by atoms with Crippen LogP contribution in [0.15, 0.2) is 30.7 Å². The Kier molecular flexibility index (Phi) is 5.51. The van der Waals surface area contributed by atoms with Gasteiger partial charge in [-0.3, -0.25) is 9.36 Å². The standard InChI is InChI=1S/C15H19N5O.ClH/c1-11-16-7-8-20(11)14-5-4-12(9-18-14)10-19-15(21)13-3-2-6-17-13;/h4-5,7-9,13,17H,2-3,6,10H2,1H3,(H,19,21);1H. The van der Waals surface area contributed by atoms with Gasteiger partial charge in [-0.25, -0.2) is 9.97 Å². The van der Waals surface area contributed by atoms with Crippen molar-refractivity contribution in [3.63, 3.8) is 0 Å². The molecular formula is C15H20ClN5O. The molecule has 0 aliphatic carbocycles. The van der Waals surface area contributed by atoms with Crippen LogP contribution in [0.2, 0.25) is 0 Å². The van der Waals surface area contributed by atoms with E-state index in [4.69, 9.17) is 0 Å². The van der Waals surface area contributed by atoms with Crippen molar-refractivity contribution in [1.82, 2.24) is 25.2 Å². The number of hydrogen-bond donors (Lipinski definition) is 2. The van der Waals surface area contributed by atoms with E-state index in [1.54, 1.807) is 12.4 Å². The molecule has 1 amide bonds. The molecule has 118 valence electrons. The van der Waals surface area contributed by atoms with Gasteiger partial charge in [0.05, 0.1) is 6.04 Å². The third kappa shape index (κ3) is 3.64. The maximum absolute atomic E-state index is 11.9. The fourth-order valence-corrected chi connectivity index (χ4v) is 2.50. The van der Waals surface area contributed by atoms with Crippen LogP contribution in [-0.4, -0.2) is 33.0 Å². The van der Waals surface area contributed by atoms with Crippen LogP contribution in [0.25, 0.3) is 5.82 Å². The molecule has 2 aromatic heterocycles. The lowest BCUT2D eigenvalue weighted by atomic mass is 10.2. The summed E-state index contributed by atoms with van der Waals surface area (Å²) >= 11 is 0. The van der Waals surface area contributed by atoms with Gasteiger partial charge in [0.15, 0.2) is 0 Å². The van der Waals surface area contributed by atoms with Gasteiger partial charge in [0.25, 0.3) is 0 Å². The van der Waals surface area contributed by atoms with Crippen molar-refractivity contribution < 1.29 is 4.79 Å². The van der Waals surface area contributed by atoms with Crippen LogP contribution in [0.5, 0.6) is 0 Å². The molecule has 1 aliphatic heterocycles. The number of hydrogen-bond acceptors (Lipinski definition) is 4. The van der Waals surface area contributed by atoms with E-state index in [-0.39, 0.29) is 24.4 Å². The van der Waals surface area contributed by atoms with Crippen molar-refractivity contribution in [3.05, 3.63) is 42.1 Å². The Morgan fingerprint density at radius 3 is 2.91 bits per heavy atom. The van der Waals surface area contributed by atoms with E-state index < -0.39 is 0 Å². The Morgan fingerprint density at radius 1 is 1.45 bits per heavy atom. The Morgan fingerprint density at radius 2 is 2.32 bits per heavy atom. The molecule has 22 heavy (non-hydrogen) atoms. The van der Waals surface area contributed by atoms with Gasteiger partial charge in [0, 0.05) is 25.1 Å². The zero-order valence-electron chi connectivity index (χ0n) is 12.5. The molecule has 1 saturated heterocycles. The number of nitrogens with zero attached hydrogens (tertiary/aromatic N) is 3. The second-order valence-electron chi connectivity index (χ2n) is 5.24. The Bertz CT molecular complexity index is 619. The highest BCUT2D eigenvalue weighted by Crippen LogP contribution is 2.09. The first kappa shape index (κ1) is 16.5. The van der Waals surface area contributed by atoms with Gasteiger partial charge in [0.2, 0.25) is 5.91 Å². The van der Waals surface area contributed by atoms with Crippen LogP contribution < -0.4 is 10.6 Å². The Hall–Kier alpha value is -1.92. The summed E-state index contributed by atoms with van der Waals surface area (Å²) in [6, 6.07) is 3.87. The van der Waals surface area contributed by atoms with E-state index in [9.17, 15) is 4.79 Å². The summed E-state index contributed by atoms with van der Waals surface area (Å²) in [5.41, 5.74) is 0.989. The minimum absolute atomic E-state index is 0. The van der Waals surface area contributed by atoms with E-state index in [1.165, 1.54) is 0 Å². The molecule has 1 fully saturated rings. The van der Waals surface area contributed by atoms with Gasteiger partial charge in [-0.2, -0.15) is 0 Å². The lowest BCUT2D eigenvalue weighted by Crippen LogP contribution is -2.40. The fraction of sp³-hybridized carbons (Fsp3) is 0.400. The van der Waals surface area contributed by atoms with E-state index in [1.807, 2.05) is 29.8 Å². The third-order valence-electron chi connectivity index (χ3n) is 3.73. The summed E-state index contributed by atoms with van der Waals surface area (Å²) in [4.78, 5) is 20.5. The van der Waals surface area contributed by atoms with Crippen molar-refractivity contribution in [1.29, 1.82) is 0 Å². The number of halogens is 1. The van der Waals surface area contributed by atoms with E-state index >= 15 is 0 Å². The molecule has 3 rings (SSSR count). The molecule has 2 N–H and O–H groups in total. The largest absolute Gasteiger partial charge is 0.351 e. The molecule has 1 aliphatic rings. The molecule has 0 aromatic carbocycles. The Labute approximate surface area is 135 Å². The topological polar surface area (TPSA) is 71.8 Å².